The van der Waals surface area contributed by atoms with Gasteiger partial charge in [-0.25, -0.2) is 18.6 Å². The molecule has 1 aliphatic heterocycles. The zero-order valence-electron chi connectivity index (χ0n) is 12.2. The summed E-state index contributed by atoms with van der Waals surface area (Å²) in [6.07, 6.45) is 1.71. The Hall–Kier alpha value is -1.38. The van der Waals surface area contributed by atoms with E-state index in [1.807, 2.05) is 0 Å². The minimum atomic E-state index is -3.10. The second-order valence-electron chi connectivity index (χ2n) is 6.43. The number of nitrogens with two attached hydrogens (primary N) is 1. The van der Waals surface area contributed by atoms with Gasteiger partial charge in [0.25, 0.3) is 5.92 Å². The fraction of sp³-hybridized carbons (Fsp3) is 0.714. The Morgan fingerprint density at radius 1 is 1.59 bits per heavy atom. The molecule has 0 aromatic rings. The predicted molar refractivity (Wildman–Crippen MR) is 74.7 cm³/mol. The van der Waals surface area contributed by atoms with E-state index in [9.17, 15) is 18.7 Å². The molecule has 0 radical (unpaired) electrons. The molecule has 5 unspecified atom stereocenters. The Labute approximate surface area is 126 Å². The molecule has 3 N–H and O–H groups in total. The molecule has 1 heterocycles. The molecule has 0 aromatic heterocycles. The van der Waals surface area contributed by atoms with Gasteiger partial charge in [-0.15, -0.1) is 0 Å². The summed E-state index contributed by atoms with van der Waals surface area (Å²) in [6.45, 7) is 4.84. The number of aliphatic hydroxyl groups excluding tert-OH is 1. The van der Waals surface area contributed by atoms with Crippen LogP contribution in [0.1, 0.15) is 26.2 Å². The lowest BCUT2D eigenvalue weighted by Gasteiger charge is -2.23. The summed E-state index contributed by atoms with van der Waals surface area (Å²) in [5, 5.41) is 9.57. The number of rotatable bonds is 3. The Kier molecular flexibility index (Phi) is 3.22. The molecule has 2 spiro atoms. The third-order valence-corrected chi connectivity index (χ3v) is 4.63. The van der Waals surface area contributed by atoms with E-state index in [-0.39, 0.29) is 18.9 Å². The summed E-state index contributed by atoms with van der Waals surface area (Å²) in [4.78, 5) is 16.2. The topological polar surface area (TPSA) is 88.2 Å². The molecule has 0 bridgehead atoms. The van der Waals surface area contributed by atoms with Crippen LogP contribution in [-0.4, -0.2) is 58.1 Å². The molecule has 6 nitrogen and oxygen atoms in total. The minimum Gasteiger partial charge on any atom is -0.390 e. The van der Waals surface area contributed by atoms with Gasteiger partial charge in [0.2, 0.25) is 0 Å². The fourth-order valence-corrected chi connectivity index (χ4v) is 3.23. The highest BCUT2D eigenvalue weighted by atomic mass is 19.3. The number of amides is 2. The smallest absolute Gasteiger partial charge is 0.347 e. The summed E-state index contributed by atoms with van der Waals surface area (Å²) < 4.78 is 34.4. The minimum absolute atomic E-state index is 0.000970. The van der Waals surface area contributed by atoms with Crippen LogP contribution in [0.3, 0.4) is 0 Å². The van der Waals surface area contributed by atoms with Crippen LogP contribution < -0.4 is 5.73 Å². The van der Waals surface area contributed by atoms with Crippen LogP contribution in [0, 0.1) is 0 Å². The Morgan fingerprint density at radius 3 is 2.68 bits per heavy atom. The van der Waals surface area contributed by atoms with Crippen molar-refractivity contribution in [3.63, 3.8) is 0 Å². The molecule has 22 heavy (non-hydrogen) atoms. The Balaban J connectivity index is 1.83. The molecule has 0 aromatic carbocycles. The summed E-state index contributed by atoms with van der Waals surface area (Å²) in [6, 6.07) is -1.89. The lowest BCUT2D eigenvalue weighted by atomic mass is 10.1. The van der Waals surface area contributed by atoms with Gasteiger partial charge >= 0.3 is 6.03 Å². The zero-order chi connectivity index (χ0) is 16.3. The van der Waals surface area contributed by atoms with Gasteiger partial charge in [0, 0.05) is 31.5 Å². The number of carbonyl (C=O) groups is 1. The van der Waals surface area contributed by atoms with E-state index in [4.69, 9.17) is 10.5 Å². The van der Waals surface area contributed by atoms with E-state index in [0.717, 1.165) is 4.90 Å². The Bertz CT molecular complexity index is 553. The second kappa shape index (κ2) is 4.56. The number of nitrogens with zero attached hydrogens (tertiary/aromatic N) is 2. The van der Waals surface area contributed by atoms with Crippen LogP contribution in [0.15, 0.2) is 17.3 Å². The van der Waals surface area contributed by atoms with Gasteiger partial charge in [-0.05, 0) is 13.6 Å². The van der Waals surface area contributed by atoms with Crippen molar-refractivity contribution in [2.75, 3.05) is 0 Å². The molecule has 3 aliphatic rings. The van der Waals surface area contributed by atoms with E-state index in [0.29, 0.717) is 0 Å². The number of aliphatic hydroxyl groups is 1. The fourth-order valence-electron chi connectivity index (χ4n) is 3.23. The van der Waals surface area contributed by atoms with E-state index in [2.05, 4.69) is 11.7 Å². The number of carbonyl (C=O) groups excluding carboxylic acids is 1. The van der Waals surface area contributed by atoms with Crippen LogP contribution >= 0.6 is 0 Å². The second-order valence-corrected chi connectivity index (χ2v) is 6.43. The van der Waals surface area contributed by atoms with Gasteiger partial charge < -0.3 is 15.6 Å². The van der Waals surface area contributed by atoms with Gasteiger partial charge in [0.05, 0.1) is 12.1 Å². The van der Waals surface area contributed by atoms with Crippen molar-refractivity contribution in [1.29, 1.82) is 0 Å². The molecular formula is C14H19F2N3O3. The number of alkyl halides is 2. The summed E-state index contributed by atoms with van der Waals surface area (Å²) in [5.41, 5.74) is 2.69. The van der Waals surface area contributed by atoms with E-state index >= 15 is 0 Å². The predicted octanol–water partition coefficient (Wildman–Crippen LogP) is 1.04. The van der Waals surface area contributed by atoms with Crippen LogP contribution in [0.4, 0.5) is 13.6 Å². The molecular weight excluding hydrogens is 296 g/mol. The molecule has 122 valence electrons. The van der Waals surface area contributed by atoms with E-state index in [1.54, 1.807) is 6.92 Å². The third kappa shape index (κ3) is 2.09. The largest absolute Gasteiger partial charge is 0.390 e. The lowest BCUT2D eigenvalue weighted by Crippen LogP contribution is -2.40. The molecule has 1 saturated heterocycles. The van der Waals surface area contributed by atoms with Crippen LogP contribution in [-0.2, 0) is 4.74 Å². The maximum Gasteiger partial charge on any atom is 0.347 e. The number of hydrogen-bond acceptors (Lipinski definition) is 4. The highest BCUT2D eigenvalue weighted by Crippen LogP contribution is 2.68. The molecule has 8 heteroatoms. The van der Waals surface area contributed by atoms with Crippen molar-refractivity contribution in [3.8, 4) is 0 Å². The molecule has 2 amide bonds. The lowest BCUT2D eigenvalue weighted by molar-refractivity contribution is -0.108. The van der Waals surface area contributed by atoms with Crippen molar-refractivity contribution in [2.24, 2.45) is 10.7 Å². The van der Waals surface area contributed by atoms with Crippen molar-refractivity contribution >= 4 is 12.7 Å². The van der Waals surface area contributed by atoms with Crippen molar-refractivity contribution < 1.29 is 23.4 Å². The first-order chi connectivity index (χ1) is 10.2. The van der Waals surface area contributed by atoms with Gasteiger partial charge in [-0.1, -0.05) is 6.08 Å². The summed E-state index contributed by atoms with van der Waals surface area (Å²) in [5.74, 6) is -3.10. The van der Waals surface area contributed by atoms with Crippen LogP contribution in [0.25, 0.3) is 0 Å². The van der Waals surface area contributed by atoms with Crippen molar-refractivity contribution in [1.82, 2.24) is 4.90 Å². The first-order valence-electron chi connectivity index (χ1n) is 7.16. The third-order valence-electron chi connectivity index (χ3n) is 4.63. The zero-order valence-corrected chi connectivity index (χ0v) is 12.2. The maximum atomic E-state index is 14.4. The van der Waals surface area contributed by atoms with Crippen molar-refractivity contribution in [2.45, 2.75) is 61.5 Å². The van der Waals surface area contributed by atoms with Gasteiger partial charge in [-0.3, -0.25) is 4.90 Å². The molecule has 3 rings (SSSR count). The highest BCUT2D eigenvalue weighted by Gasteiger charge is 2.84. The quantitative estimate of drug-likeness (QED) is 0.762. The number of aliphatic imine (C=N–C) groups is 1. The van der Waals surface area contributed by atoms with Crippen LogP contribution in [0.2, 0.25) is 0 Å². The van der Waals surface area contributed by atoms with Crippen molar-refractivity contribution in [3.05, 3.63) is 12.3 Å². The number of hydrogen-bond donors (Lipinski definition) is 2. The number of ether oxygens (including phenoxy) is 1. The average Bonchev–Trinajstić information content (AvgIpc) is 3.25. The van der Waals surface area contributed by atoms with Crippen LogP contribution in [0.5, 0.6) is 0 Å². The van der Waals surface area contributed by atoms with Gasteiger partial charge in [0.1, 0.15) is 5.60 Å². The number of urea groups is 1. The normalized spacial score (nSPS) is 42.8. The Morgan fingerprint density at radius 2 is 2.23 bits per heavy atom. The maximum absolute atomic E-state index is 14.4. The monoisotopic (exact) mass is 315 g/mol. The average molecular weight is 315 g/mol. The van der Waals surface area contributed by atoms with E-state index < -0.39 is 41.7 Å². The van der Waals surface area contributed by atoms with E-state index in [1.165, 1.54) is 12.3 Å². The van der Waals surface area contributed by atoms with Gasteiger partial charge in [0.15, 0.2) is 5.60 Å². The summed E-state index contributed by atoms with van der Waals surface area (Å²) in [7, 11) is 0. The highest BCUT2D eigenvalue weighted by molar-refractivity contribution is 5.81. The molecule has 2 aliphatic carbocycles. The number of halogens is 2. The molecule has 5 atom stereocenters. The summed E-state index contributed by atoms with van der Waals surface area (Å²) >= 11 is 0. The molecule has 2 saturated carbocycles. The first-order valence-corrected chi connectivity index (χ1v) is 7.16. The standard InChI is InChI=1S/C14H19F2N3O3/c1-8(17)3-4-19(11(21)18-2)9-5-13(9)14(15,16)7-12(22-13)6-10(12)20/h3-4,8-10,20H,2,5-7,17H2,1H3/b4-3-. The van der Waals surface area contributed by atoms with Gasteiger partial charge in [-0.2, -0.15) is 0 Å². The SMILES string of the molecule is C=NC(=O)N(/C=C\C(C)N)C1CC12OC1(CC1O)CC2(F)F. The molecule has 3 fully saturated rings. The first kappa shape index (κ1) is 15.5.